The van der Waals surface area contributed by atoms with Crippen molar-refractivity contribution < 1.29 is 14.4 Å². The monoisotopic (exact) mass is 226 g/mol. The maximum absolute atomic E-state index is 13.2. The third-order valence-electron chi connectivity index (χ3n) is 1.88. The van der Waals surface area contributed by atoms with Gasteiger partial charge in [0, 0.05) is 13.2 Å². The van der Waals surface area contributed by atoms with E-state index < -0.39 is 11.7 Å². The normalized spacial score (nSPS) is 11.2. The molecule has 0 aliphatic rings. The number of halogens is 1. The molecule has 1 heterocycles. The van der Waals surface area contributed by atoms with Gasteiger partial charge in [-0.3, -0.25) is 9.78 Å². The molecular weight excluding hydrogens is 215 g/mol. The lowest BCUT2D eigenvalue weighted by Crippen LogP contribution is -2.36. The number of nitrogens with zero attached hydrogens (tertiary/aromatic N) is 3. The van der Waals surface area contributed by atoms with Crippen molar-refractivity contribution >= 4 is 11.7 Å². The van der Waals surface area contributed by atoms with Gasteiger partial charge in [0.05, 0.1) is 18.3 Å². The number of pyridine rings is 1. The fourth-order valence-electron chi connectivity index (χ4n) is 1.10. The Hall–Kier alpha value is -2.18. The molecule has 0 unspecified atom stereocenters. The number of nitrogens with two attached hydrogens (primary N) is 1. The zero-order chi connectivity index (χ0) is 12.1. The zero-order valence-corrected chi connectivity index (χ0v) is 8.59. The van der Waals surface area contributed by atoms with Gasteiger partial charge in [-0.1, -0.05) is 5.16 Å². The van der Waals surface area contributed by atoms with Crippen LogP contribution >= 0.6 is 0 Å². The second kappa shape index (κ2) is 5.06. The van der Waals surface area contributed by atoms with E-state index in [1.165, 1.54) is 19.3 Å². The fraction of sp³-hybridized carbons (Fsp3) is 0.222. The number of amides is 1. The summed E-state index contributed by atoms with van der Waals surface area (Å²) in [7, 11) is 1.42. The van der Waals surface area contributed by atoms with Crippen LogP contribution in [0, 0.1) is 5.82 Å². The first-order valence-electron chi connectivity index (χ1n) is 4.37. The van der Waals surface area contributed by atoms with Crippen molar-refractivity contribution in [3.05, 3.63) is 29.8 Å². The van der Waals surface area contributed by atoms with E-state index in [9.17, 15) is 9.18 Å². The minimum absolute atomic E-state index is 0.0862. The number of amidine groups is 1. The number of rotatable bonds is 3. The summed E-state index contributed by atoms with van der Waals surface area (Å²) in [6.45, 7) is -0.0862. The van der Waals surface area contributed by atoms with Crippen molar-refractivity contribution in [1.82, 2.24) is 9.88 Å². The minimum Gasteiger partial charge on any atom is -0.409 e. The minimum atomic E-state index is -0.709. The molecular formula is C9H11FN4O2. The van der Waals surface area contributed by atoms with Crippen LogP contribution < -0.4 is 5.73 Å². The molecule has 0 saturated heterocycles. The first-order valence-corrected chi connectivity index (χ1v) is 4.37. The van der Waals surface area contributed by atoms with E-state index >= 15 is 0 Å². The number of hydrogen-bond acceptors (Lipinski definition) is 4. The van der Waals surface area contributed by atoms with Crippen LogP contribution in [0.4, 0.5) is 4.39 Å². The molecule has 0 aromatic carbocycles. The van der Waals surface area contributed by atoms with Gasteiger partial charge in [-0.05, 0) is 6.07 Å². The third kappa shape index (κ3) is 2.66. The maximum atomic E-state index is 13.2. The van der Waals surface area contributed by atoms with Gasteiger partial charge in [-0.15, -0.1) is 0 Å². The molecule has 6 nitrogen and oxygen atoms in total. The quantitative estimate of drug-likeness (QED) is 0.329. The van der Waals surface area contributed by atoms with Crippen LogP contribution in [0.3, 0.4) is 0 Å². The number of aromatic nitrogens is 1. The van der Waals surface area contributed by atoms with Crippen molar-refractivity contribution in [2.24, 2.45) is 10.9 Å². The Kier molecular flexibility index (Phi) is 3.76. The summed E-state index contributed by atoms with van der Waals surface area (Å²) >= 11 is 0. The van der Waals surface area contributed by atoms with Gasteiger partial charge in [0.25, 0.3) is 5.91 Å². The van der Waals surface area contributed by atoms with Crippen LogP contribution in [0.2, 0.25) is 0 Å². The number of likely N-dealkylation sites (N-methyl/N-ethyl adjacent to an activating group) is 1. The molecule has 0 atom stereocenters. The second-order valence-electron chi connectivity index (χ2n) is 3.11. The molecule has 0 bridgehead atoms. The number of carbonyl (C=O) groups excluding carboxylic acids is 1. The Morgan fingerprint density at radius 1 is 1.75 bits per heavy atom. The Balaban J connectivity index is 2.83. The maximum Gasteiger partial charge on any atom is 0.257 e. The summed E-state index contributed by atoms with van der Waals surface area (Å²) in [5.74, 6) is -1.41. The van der Waals surface area contributed by atoms with Gasteiger partial charge in [-0.25, -0.2) is 4.39 Å². The van der Waals surface area contributed by atoms with Crippen molar-refractivity contribution in [3.63, 3.8) is 0 Å². The van der Waals surface area contributed by atoms with Gasteiger partial charge in [0.1, 0.15) is 0 Å². The van der Waals surface area contributed by atoms with E-state index in [1.807, 2.05) is 0 Å². The SMILES string of the molecule is CN(CC(N)=NO)C(=O)c1ccncc1F. The molecule has 1 aromatic heterocycles. The Morgan fingerprint density at radius 2 is 2.44 bits per heavy atom. The third-order valence-corrected chi connectivity index (χ3v) is 1.88. The lowest BCUT2D eigenvalue weighted by atomic mass is 10.2. The molecule has 0 spiro atoms. The van der Waals surface area contributed by atoms with E-state index in [0.717, 1.165) is 11.1 Å². The van der Waals surface area contributed by atoms with Gasteiger partial charge in [0.15, 0.2) is 11.7 Å². The molecule has 1 rings (SSSR count). The van der Waals surface area contributed by atoms with E-state index in [1.54, 1.807) is 0 Å². The van der Waals surface area contributed by atoms with Crippen LogP contribution in [0.25, 0.3) is 0 Å². The summed E-state index contributed by atoms with van der Waals surface area (Å²) in [4.78, 5) is 16.3. The standard InChI is InChI=1S/C9H11FN4O2/c1-14(5-8(11)13-16)9(15)6-2-3-12-4-7(6)10/h2-4,16H,5H2,1H3,(H2,11,13). The smallest absolute Gasteiger partial charge is 0.257 e. The predicted octanol–water partition coefficient (Wildman–Crippen LogP) is 0.0391. The lowest BCUT2D eigenvalue weighted by molar-refractivity contribution is 0.0809. The van der Waals surface area contributed by atoms with E-state index in [0.29, 0.717) is 0 Å². The van der Waals surface area contributed by atoms with Crippen LogP contribution in [0.5, 0.6) is 0 Å². The molecule has 7 heteroatoms. The number of oxime groups is 1. The second-order valence-corrected chi connectivity index (χ2v) is 3.11. The van der Waals surface area contributed by atoms with Gasteiger partial charge < -0.3 is 15.8 Å². The molecule has 1 amide bonds. The highest BCUT2D eigenvalue weighted by Crippen LogP contribution is 2.07. The van der Waals surface area contributed by atoms with Crippen LogP contribution in [-0.2, 0) is 0 Å². The lowest BCUT2D eigenvalue weighted by Gasteiger charge is -2.16. The highest BCUT2D eigenvalue weighted by Gasteiger charge is 2.16. The molecule has 0 aliphatic carbocycles. The highest BCUT2D eigenvalue weighted by atomic mass is 19.1. The summed E-state index contributed by atoms with van der Waals surface area (Å²) in [5.41, 5.74) is 5.12. The predicted molar refractivity (Wildman–Crippen MR) is 54.6 cm³/mol. The van der Waals surface area contributed by atoms with E-state index in [4.69, 9.17) is 10.9 Å². The molecule has 16 heavy (non-hydrogen) atoms. The molecule has 0 radical (unpaired) electrons. The van der Waals surface area contributed by atoms with Crippen molar-refractivity contribution in [1.29, 1.82) is 0 Å². The van der Waals surface area contributed by atoms with Crippen molar-refractivity contribution in [2.75, 3.05) is 13.6 Å². The largest absolute Gasteiger partial charge is 0.409 e. The Labute approximate surface area is 91.2 Å². The van der Waals surface area contributed by atoms with E-state index in [-0.39, 0.29) is 17.9 Å². The average Bonchev–Trinajstić information content (AvgIpc) is 2.28. The summed E-state index contributed by atoms with van der Waals surface area (Å²) in [6.07, 6.45) is 2.26. The molecule has 3 N–H and O–H groups in total. The number of carbonyl (C=O) groups is 1. The Bertz CT molecular complexity index is 422. The Morgan fingerprint density at radius 3 is 3.00 bits per heavy atom. The first-order chi connectivity index (χ1) is 7.56. The zero-order valence-electron chi connectivity index (χ0n) is 8.59. The van der Waals surface area contributed by atoms with E-state index in [2.05, 4.69) is 10.1 Å². The van der Waals surface area contributed by atoms with Gasteiger partial charge in [-0.2, -0.15) is 0 Å². The van der Waals surface area contributed by atoms with Gasteiger partial charge in [0.2, 0.25) is 0 Å². The molecule has 0 aliphatic heterocycles. The number of hydrogen-bond donors (Lipinski definition) is 2. The highest BCUT2D eigenvalue weighted by molar-refractivity contribution is 5.96. The summed E-state index contributed by atoms with van der Waals surface area (Å²) in [5, 5.41) is 11.1. The topological polar surface area (TPSA) is 91.8 Å². The summed E-state index contributed by atoms with van der Waals surface area (Å²) in [6, 6.07) is 1.26. The molecule has 86 valence electrons. The average molecular weight is 226 g/mol. The summed E-state index contributed by atoms with van der Waals surface area (Å²) < 4.78 is 13.2. The van der Waals surface area contributed by atoms with Gasteiger partial charge >= 0.3 is 0 Å². The molecule has 0 fully saturated rings. The molecule has 1 aromatic rings. The first kappa shape index (κ1) is 11.9. The van der Waals surface area contributed by atoms with Crippen molar-refractivity contribution in [3.8, 4) is 0 Å². The molecule has 0 saturated carbocycles. The van der Waals surface area contributed by atoms with Crippen LogP contribution in [-0.4, -0.2) is 40.4 Å². The fourth-order valence-corrected chi connectivity index (χ4v) is 1.10. The van der Waals surface area contributed by atoms with Crippen molar-refractivity contribution in [2.45, 2.75) is 0 Å². The van der Waals surface area contributed by atoms with Crippen LogP contribution in [0.1, 0.15) is 10.4 Å². The van der Waals surface area contributed by atoms with Crippen LogP contribution in [0.15, 0.2) is 23.6 Å².